The summed E-state index contributed by atoms with van der Waals surface area (Å²) in [5, 5.41) is 10.3. The van der Waals surface area contributed by atoms with Crippen LogP contribution in [0, 0.1) is 0 Å². The lowest BCUT2D eigenvalue weighted by Crippen LogP contribution is -2.44. The fourth-order valence-electron chi connectivity index (χ4n) is 1.40. The van der Waals surface area contributed by atoms with Gasteiger partial charge in [-0.25, -0.2) is 0 Å². The van der Waals surface area contributed by atoms with Crippen molar-refractivity contribution in [3.63, 3.8) is 0 Å². The van der Waals surface area contributed by atoms with Gasteiger partial charge in [-0.15, -0.1) is 0 Å². The van der Waals surface area contributed by atoms with Crippen LogP contribution in [0.5, 0.6) is 0 Å². The van der Waals surface area contributed by atoms with Gasteiger partial charge in [0.2, 0.25) is 0 Å². The molecule has 0 spiro atoms. The maximum Gasteiger partial charge on any atom is 0.192 e. The quantitative estimate of drug-likeness (QED) is 0.835. The van der Waals surface area contributed by atoms with Crippen LogP contribution in [0.15, 0.2) is 22.8 Å². The lowest BCUT2D eigenvalue weighted by Gasteiger charge is -2.39. The Hall–Kier alpha value is -0.583. The van der Waals surface area contributed by atoms with Gasteiger partial charge in [-0.3, -0.25) is 0 Å². The number of aliphatic hydroxyl groups is 1. The van der Waals surface area contributed by atoms with E-state index in [1.807, 2.05) is 6.92 Å². The van der Waals surface area contributed by atoms with E-state index in [4.69, 9.17) is 8.84 Å². The van der Waals surface area contributed by atoms with Crippen molar-refractivity contribution >= 4 is 8.32 Å². The Bertz CT molecular complexity index is 338. The molecule has 3 nitrogen and oxygen atoms in total. The van der Waals surface area contributed by atoms with Crippen LogP contribution >= 0.6 is 0 Å². The van der Waals surface area contributed by atoms with Crippen LogP contribution in [0.4, 0.5) is 0 Å². The Labute approximate surface area is 105 Å². The topological polar surface area (TPSA) is 42.6 Å². The predicted molar refractivity (Wildman–Crippen MR) is 71.4 cm³/mol. The maximum absolute atomic E-state index is 10.1. The first-order valence-corrected chi connectivity index (χ1v) is 8.95. The second kappa shape index (κ2) is 4.96. The monoisotopic (exact) mass is 256 g/mol. The summed E-state index contributed by atoms with van der Waals surface area (Å²) in [4.78, 5) is 0. The zero-order chi connectivity index (χ0) is 13.3. The number of hydrogen-bond donors (Lipinski definition) is 1. The van der Waals surface area contributed by atoms with Crippen molar-refractivity contribution in [3.05, 3.63) is 24.2 Å². The molecule has 0 aliphatic carbocycles. The first-order valence-electron chi connectivity index (χ1n) is 6.04. The molecule has 17 heavy (non-hydrogen) atoms. The number of aliphatic hydroxyl groups excluding tert-OH is 1. The molecule has 0 radical (unpaired) electrons. The average Bonchev–Trinajstić information content (AvgIpc) is 2.66. The molecule has 1 aromatic heterocycles. The summed E-state index contributed by atoms with van der Waals surface area (Å²) in [5.41, 5.74) is 0. The molecule has 2 atom stereocenters. The molecular formula is C13H24O3Si. The highest BCUT2D eigenvalue weighted by Gasteiger charge is 2.39. The molecule has 1 rings (SSSR count). The fourth-order valence-corrected chi connectivity index (χ4v) is 2.81. The SMILES string of the molecule is C[C@H](O[Si](C)(C)C(C)(C)C)[C@H](O)c1ccco1. The smallest absolute Gasteiger partial charge is 0.192 e. The summed E-state index contributed by atoms with van der Waals surface area (Å²) >= 11 is 0. The van der Waals surface area contributed by atoms with Gasteiger partial charge in [0.15, 0.2) is 8.32 Å². The molecule has 98 valence electrons. The average molecular weight is 256 g/mol. The van der Waals surface area contributed by atoms with Gasteiger partial charge >= 0.3 is 0 Å². The second-order valence-corrected chi connectivity index (χ2v) is 10.8. The molecule has 1 aromatic rings. The molecule has 0 saturated carbocycles. The highest BCUT2D eigenvalue weighted by Crippen LogP contribution is 2.38. The first-order chi connectivity index (χ1) is 7.65. The largest absolute Gasteiger partial charge is 0.466 e. The normalized spacial score (nSPS) is 16.9. The van der Waals surface area contributed by atoms with Crippen LogP contribution in [0.3, 0.4) is 0 Å². The summed E-state index contributed by atoms with van der Waals surface area (Å²) in [6, 6.07) is 3.55. The summed E-state index contributed by atoms with van der Waals surface area (Å²) in [5.74, 6) is 0.566. The van der Waals surface area contributed by atoms with Crippen LogP contribution in [-0.2, 0) is 4.43 Å². The van der Waals surface area contributed by atoms with Crippen LogP contribution in [0.1, 0.15) is 39.6 Å². The molecular weight excluding hydrogens is 232 g/mol. The zero-order valence-corrected chi connectivity index (χ0v) is 12.7. The lowest BCUT2D eigenvalue weighted by atomic mass is 10.2. The van der Waals surface area contributed by atoms with Gasteiger partial charge < -0.3 is 13.9 Å². The van der Waals surface area contributed by atoms with Crippen LogP contribution < -0.4 is 0 Å². The highest BCUT2D eigenvalue weighted by atomic mass is 28.4. The van der Waals surface area contributed by atoms with Crippen molar-refractivity contribution in [3.8, 4) is 0 Å². The molecule has 0 unspecified atom stereocenters. The predicted octanol–water partition coefficient (Wildman–Crippen LogP) is 3.72. The van der Waals surface area contributed by atoms with Crippen LogP contribution in [-0.4, -0.2) is 19.5 Å². The van der Waals surface area contributed by atoms with Gasteiger partial charge in [-0.1, -0.05) is 20.8 Å². The second-order valence-electron chi connectivity index (χ2n) is 6.04. The molecule has 0 saturated heterocycles. The summed E-state index contributed by atoms with van der Waals surface area (Å²) in [6.07, 6.45) is 0.624. The molecule has 0 aromatic carbocycles. The number of furan rings is 1. The van der Waals surface area contributed by atoms with E-state index in [9.17, 15) is 5.11 Å². The number of hydrogen-bond acceptors (Lipinski definition) is 3. The minimum Gasteiger partial charge on any atom is -0.466 e. The van der Waals surface area contributed by atoms with Gasteiger partial charge in [0.1, 0.15) is 11.9 Å². The summed E-state index contributed by atoms with van der Waals surface area (Å²) in [6.45, 7) is 12.8. The molecule has 0 aliphatic heterocycles. The van der Waals surface area contributed by atoms with E-state index in [1.165, 1.54) is 0 Å². The number of rotatable bonds is 4. The van der Waals surface area contributed by atoms with Crippen molar-refractivity contribution in [2.45, 2.75) is 58.0 Å². The van der Waals surface area contributed by atoms with E-state index in [2.05, 4.69) is 33.9 Å². The highest BCUT2D eigenvalue weighted by molar-refractivity contribution is 6.74. The summed E-state index contributed by atoms with van der Waals surface area (Å²) < 4.78 is 11.3. The molecule has 1 heterocycles. The van der Waals surface area contributed by atoms with E-state index in [0.29, 0.717) is 5.76 Å². The van der Waals surface area contributed by atoms with E-state index >= 15 is 0 Å². The Morgan fingerprint density at radius 2 is 1.94 bits per heavy atom. The lowest BCUT2D eigenvalue weighted by molar-refractivity contribution is 0.0240. The van der Waals surface area contributed by atoms with E-state index in [1.54, 1.807) is 18.4 Å². The van der Waals surface area contributed by atoms with Crippen molar-refractivity contribution in [2.24, 2.45) is 0 Å². The Morgan fingerprint density at radius 3 is 2.35 bits per heavy atom. The zero-order valence-electron chi connectivity index (χ0n) is 11.7. The van der Waals surface area contributed by atoms with Gasteiger partial charge in [0, 0.05) is 0 Å². The molecule has 0 bridgehead atoms. The van der Waals surface area contributed by atoms with E-state index in [-0.39, 0.29) is 11.1 Å². The third-order valence-electron chi connectivity index (χ3n) is 3.57. The molecule has 4 heteroatoms. The van der Waals surface area contributed by atoms with Crippen LogP contribution in [0.2, 0.25) is 18.1 Å². The fraction of sp³-hybridized carbons (Fsp3) is 0.692. The van der Waals surface area contributed by atoms with E-state index < -0.39 is 14.4 Å². The first kappa shape index (κ1) is 14.5. The van der Waals surface area contributed by atoms with Crippen LogP contribution in [0.25, 0.3) is 0 Å². The third kappa shape index (κ3) is 3.44. The molecule has 0 fully saturated rings. The van der Waals surface area contributed by atoms with Gasteiger partial charge in [-0.2, -0.15) is 0 Å². The Morgan fingerprint density at radius 1 is 1.35 bits per heavy atom. The molecule has 0 aliphatic rings. The Balaban J connectivity index is 2.70. The van der Waals surface area contributed by atoms with Gasteiger partial charge in [0.25, 0.3) is 0 Å². The minimum atomic E-state index is -1.84. The van der Waals surface area contributed by atoms with Gasteiger partial charge in [-0.05, 0) is 37.2 Å². The van der Waals surface area contributed by atoms with Crippen molar-refractivity contribution in [2.75, 3.05) is 0 Å². The standard InChI is InChI=1S/C13H24O3Si/c1-10(12(14)11-8-7-9-15-11)16-17(5,6)13(2,3)4/h7-10,12,14H,1-6H3/t10-,12-/m0/s1. The molecule has 0 amide bonds. The molecule has 1 N–H and O–H groups in total. The van der Waals surface area contributed by atoms with E-state index in [0.717, 1.165) is 0 Å². The van der Waals surface area contributed by atoms with Gasteiger partial charge in [0.05, 0.1) is 12.4 Å². The maximum atomic E-state index is 10.1. The van der Waals surface area contributed by atoms with Crippen molar-refractivity contribution < 1.29 is 13.9 Å². The third-order valence-corrected chi connectivity index (χ3v) is 8.14. The van der Waals surface area contributed by atoms with Crippen molar-refractivity contribution in [1.29, 1.82) is 0 Å². The van der Waals surface area contributed by atoms with Crippen molar-refractivity contribution in [1.82, 2.24) is 0 Å². The minimum absolute atomic E-state index is 0.143. The Kier molecular flexibility index (Phi) is 4.22. The summed E-state index contributed by atoms with van der Waals surface area (Å²) in [7, 11) is -1.84.